The number of halogens is 5. The minimum atomic E-state index is -4.52. The van der Waals surface area contributed by atoms with E-state index in [9.17, 15) is 22.4 Å². The molecule has 148 valence electrons. The number of hydrogen-bond donors (Lipinski definition) is 1. The lowest BCUT2D eigenvalue weighted by molar-refractivity contribution is -0.213. The van der Waals surface area contributed by atoms with E-state index in [0.29, 0.717) is 0 Å². The van der Waals surface area contributed by atoms with Gasteiger partial charge in [-0.3, -0.25) is 10.1 Å². The van der Waals surface area contributed by atoms with E-state index < -0.39 is 35.3 Å². The Labute approximate surface area is 158 Å². The molecule has 0 bridgehead atoms. The fourth-order valence-corrected chi connectivity index (χ4v) is 3.45. The molecule has 1 heterocycles. The standard InChI is InChI=1S/C18H20ClF4N3O/c1-16(2,18(21,22)23)9-12(27)25-15-24-11-6-5-10(19)13(20)14(11)26(15)17(3)7-4-8-17/h5-6H,4,7-9H2,1-3H3,(H,24,25,27). The Bertz CT molecular complexity index is 900. The van der Waals surface area contributed by atoms with Crippen LogP contribution in [0.4, 0.5) is 23.5 Å². The van der Waals surface area contributed by atoms with Crippen molar-refractivity contribution in [3.8, 4) is 0 Å². The maximum atomic E-state index is 14.7. The summed E-state index contributed by atoms with van der Waals surface area (Å²) >= 11 is 5.89. The summed E-state index contributed by atoms with van der Waals surface area (Å²) in [6, 6.07) is 2.88. The number of rotatable bonds is 4. The Morgan fingerprint density at radius 3 is 2.48 bits per heavy atom. The first kappa shape index (κ1) is 19.9. The SMILES string of the molecule is CC1(n2c(NC(=O)CC(C)(C)C(F)(F)F)nc3ccc(Cl)c(F)c32)CCC1. The fraction of sp³-hybridized carbons (Fsp3) is 0.556. The Balaban J connectivity index is 2.01. The van der Waals surface area contributed by atoms with Gasteiger partial charge in [-0.25, -0.2) is 9.37 Å². The second kappa shape index (κ2) is 6.36. The van der Waals surface area contributed by atoms with E-state index in [4.69, 9.17) is 11.6 Å². The van der Waals surface area contributed by atoms with Crippen molar-refractivity contribution in [3.05, 3.63) is 23.0 Å². The van der Waals surface area contributed by atoms with Crippen LogP contribution >= 0.6 is 11.6 Å². The van der Waals surface area contributed by atoms with E-state index in [2.05, 4.69) is 10.3 Å². The minimum Gasteiger partial charge on any atom is -0.301 e. The molecule has 2 aromatic rings. The highest BCUT2D eigenvalue weighted by Crippen LogP contribution is 2.44. The summed E-state index contributed by atoms with van der Waals surface area (Å²) < 4.78 is 55.4. The molecule has 1 aromatic carbocycles. The first-order chi connectivity index (χ1) is 12.4. The summed E-state index contributed by atoms with van der Waals surface area (Å²) in [6.07, 6.45) is -2.89. The zero-order valence-electron chi connectivity index (χ0n) is 15.2. The van der Waals surface area contributed by atoms with Crippen molar-refractivity contribution in [2.45, 2.75) is 58.2 Å². The van der Waals surface area contributed by atoms with Gasteiger partial charge in [0.1, 0.15) is 5.52 Å². The second-order valence-electron chi connectivity index (χ2n) is 7.96. The van der Waals surface area contributed by atoms with Gasteiger partial charge in [-0.15, -0.1) is 0 Å². The van der Waals surface area contributed by atoms with Crippen molar-refractivity contribution in [2.75, 3.05) is 5.32 Å². The lowest BCUT2D eigenvalue weighted by atomic mass is 9.78. The van der Waals surface area contributed by atoms with Crippen LogP contribution in [0.3, 0.4) is 0 Å². The number of fused-ring (bicyclic) bond motifs is 1. The Kier molecular flexibility index (Phi) is 4.69. The third kappa shape index (κ3) is 3.39. The van der Waals surface area contributed by atoms with E-state index in [1.165, 1.54) is 12.1 Å². The van der Waals surface area contributed by atoms with E-state index in [1.54, 1.807) is 4.57 Å². The van der Waals surface area contributed by atoms with Crippen LogP contribution in [0.25, 0.3) is 11.0 Å². The highest BCUT2D eigenvalue weighted by Gasteiger charge is 2.48. The molecule has 27 heavy (non-hydrogen) atoms. The van der Waals surface area contributed by atoms with E-state index in [-0.39, 0.29) is 22.0 Å². The van der Waals surface area contributed by atoms with Crippen LogP contribution < -0.4 is 5.32 Å². The van der Waals surface area contributed by atoms with E-state index in [1.807, 2.05) is 6.92 Å². The summed E-state index contributed by atoms with van der Waals surface area (Å²) in [5, 5.41) is 2.37. The lowest BCUT2D eigenvalue weighted by Gasteiger charge is -2.41. The van der Waals surface area contributed by atoms with Gasteiger partial charge in [0.15, 0.2) is 5.82 Å². The zero-order chi connectivity index (χ0) is 20.2. The number of nitrogens with one attached hydrogen (secondary N) is 1. The molecule has 1 fully saturated rings. The molecule has 1 aliphatic rings. The summed E-state index contributed by atoms with van der Waals surface area (Å²) in [5.74, 6) is -1.45. The number of nitrogens with zero attached hydrogens (tertiary/aromatic N) is 2. The number of amides is 1. The van der Waals surface area contributed by atoms with Crippen molar-refractivity contribution in [2.24, 2.45) is 5.41 Å². The minimum absolute atomic E-state index is 0.0383. The fourth-order valence-electron chi connectivity index (χ4n) is 3.29. The molecule has 0 radical (unpaired) electrons. The molecule has 0 unspecified atom stereocenters. The molecule has 0 atom stereocenters. The maximum Gasteiger partial charge on any atom is 0.394 e. The first-order valence-electron chi connectivity index (χ1n) is 8.59. The number of benzene rings is 1. The van der Waals surface area contributed by atoms with Crippen molar-refractivity contribution in [1.82, 2.24) is 9.55 Å². The average Bonchev–Trinajstić information content (AvgIpc) is 2.86. The quantitative estimate of drug-likeness (QED) is 0.668. The van der Waals surface area contributed by atoms with Gasteiger partial charge in [-0.05, 0) is 38.3 Å². The summed E-state index contributed by atoms with van der Waals surface area (Å²) in [5.41, 5.74) is -2.24. The van der Waals surface area contributed by atoms with Crippen LogP contribution in [-0.2, 0) is 10.3 Å². The molecule has 1 aliphatic carbocycles. The Hall–Kier alpha value is -1.83. The number of carbonyl (C=O) groups excluding carboxylic acids is 1. The third-order valence-electron chi connectivity index (χ3n) is 5.30. The van der Waals surface area contributed by atoms with Gasteiger partial charge in [0.2, 0.25) is 11.9 Å². The van der Waals surface area contributed by atoms with Gasteiger partial charge in [-0.1, -0.05) is 25.4 Å². The molecule has 4 nitrogen and oxygen atoms in total. The van der Waals surface area contributed by atoms with Gasteiger partial charge in [0.05, 0.1) is 16.0 Å². The topological polar surface area (TPSA) is 46.9 Å². The highest BCUT2D eigenvalue weighted by atomic mass is 35.5. The highest BCUT2D eigenvalue weighted by molar-refractivity contribution is 6.31. The van der Waals surface area contributed by atoms with Crippen LogP contribution in [0.15, 0.2) is 12.1 Å². The molecule has 1 amide bonds. The molecule has 3 rings (SSSR count). The van der Waals surface area contributed by atoms with Crippen molar-refractivity contribution >= 4 is 34.5 Å². The smallest absolute Gasteiger partial charge is 0.301 e. The van der Waals surface area contributed by atoms with Crippen molar-refractivity contribution in [3.63, 3.8) is 0 Å². The molecular weight excluding hydrogens is 386 g/mol. The number of aromatic nitrogens is 2. The predicted molar refractivity (Wildman–Crippen MR) is 95.3 cm³/mol. The summed E-state index contributed by atoms with van der Waals surface area (Å²) in [6.45, 7) is 3.82. The molecular formula is C18H20ClF4N3O. The van der Waals surface area contributed by atoms with Gasteiger partial charge < -0.3 is 4.57 Å². The number of anilines is 1. The molecule has 1 aromatic heterocycles. The Morgan fingerprint density at radius 1 is 1.33 bits per heavy atom. The van der Waals surface area contributed by atoms with Gasteiger partial charge in [0, 0.05) is 12.0 Å². The number of imidazole rings is 1. The number of alkyl halides is 3. The number of carbonyl (C=O) groups is 1. The second-order valence-corrected chi connectivity index (χ2v) is 8.36. The molecule has 1 saturated carbocycles. The largest absolute Gasteiger partial charge is 0.394 e. The molecule has 0 saturated heterocycles. The Morgan fingerprint density at radius 2 is 1.96 bits per heavy atom. The lowest BCUT2D eigenvalue weighted by Crippen LogP contribution is -2.39. The summed E-state index contributed by atoms with van der Waals surface area (Å²) in [7, 11) is 0. The third-order valence-corrected chi connectivity index (χ3v) is 5.59. The zero-order valence-corrected chi connectivity index (χ0v) is 15.9. The normalized spacial score (nSPS) is 17.0. The first-order valence-corrected chi connectivity index (χ1v) is 8.97. The summed E-state index contributed by atoms with van der Waals surface area (Å²) in [4.78, 5) is 16.6. The van der Waals surface area contributed by atoms with Crippen molar-refractivity contribution < 1.29 is 22.4 Å². The van der Waals surface area contributed by atoms with Crippen LogP contribution in [0.5, 0.6) is 0 Å². The van der Waals surface area contributed by atoms with E-state index >= 15 is 0 Å². The monoisotopic (exact) mass is 405 g/mol. The molecule has 9 heteroatoms. The number of hydrogen-bond acceptors (Lipinski definition) is 2. The van der Waals surface area contributed by atoms with Gasteiger partial charge in [0.25, 0.3) is 0 Å². The van der Waals surface area contributed by atoms with Gasteiger partial charge in [-0.2, -0.15) is 13.2 Å². The van der Waals surface area contributed by atoms with Gasteiger partial charge >= 0.3 is 6.18 Å². The predicted octanol–water partition coefficient (Wildman–Crippen LogP) is 5.65. The molecule has 1 N–H and O–H groups in total. The van der Waals surface area contributed by atoms with Crippen LogP contribution in [0.1, 0.15) is 46.5 Å². The van der Waals surface area contributed by atoms with E-state index in [0.717, 1.165) is 33.1 Å². The van der Waals surface area contributed by atoms with Crippen LogP contribution in [0.2, 0.25) is 5.02 Å². The maximum absolute atomic E-state index is 14.7. The molecule has 0 aliphatic heterocycles. The average molecular weight is 406 g/mol. The molecule has 0 spiro atoms. The van der Waals surface area contributed by atoms with Crippen LogP contribution in [0, 0.1) is 11.2 Å². The van der Waals surface area contributed by atoms with Crippen molar-refractivity contribution in [1.29, 1.82) is 0 Å². The van der Waals surface area contributed by atoms with Crippen LogP contribution in [-0.4, -0.2) is 21.6 Å².